The van der Waals surface area contributed by atoms with E-state index in [0.29, 0.717) is 32.1 Å². The fourth-order valence-corrected chi connectivity index (χ4v) is 4.97. The zero-order valence-electron chi connectivity index (χ0n) is 18.9. The molecule has 1 fully saturated rings. The highest BCUT2D eigenvalue weighted by Crippen LogP contribution is 2.31. The topological polar surface area (TPSA) is 73.1 Å². The van der Waals surface area contributed by atoms with Gasteiger partial charge in [-0.15, -0.1) is 10.2 Å². The third-order valence-corrected chi connectivity index (χ3v) is 6.81. The third-order valence-electron chi connectivity index (χ3n) is 5.83. The normalized spacial score (nSPS) is 13.7. The van der Waals surface area contributed by atoms with Crippen molar-refractivity contribution in [1.29, 1.82) is 0 Å². The Kier molecular flexibility index (Phi) is 6.69. The molecule has 3 heterocycles. The Hall–Kier alpha value is -3.49. The zero-order valence-corrected chi connectivity index (χ0v) is 19.7. The minimum atomic E-state index is 0.0531. The number of aromatic nitrogens is 4. The van der Waals surface area contributed by atoms with Crippen molar-refractivity contribution in [3.05, 3.63) is 89.7 Å². The first-order chi connectivity index (χ1) is 16.7. The molecule has 0 N–H and O–H groups in total. The van der Waals surface area contributed by atoms with Gasteiger partial charge >= 0.3 is 0 Å². The van der Waals surface area contributed by atoms with E-state index in [1.165, 1.54) is 0 Å². The average molecular weight is 472 g/mol. The maximum Gasteiger partial charge on any atom is 0.254 e. The summed E-state index contributed by atoms with van der Waals surface area (Å²) in [5.74, 6) is 1.42. The molecule has 2 aromatic heterocycles. The van der Waals surface area contributed by atoms with E-state index in [2.05, 4.69) is 38.8 Å². The number of amides is 1. The number of pyridine rings is 1. The predicted octanol–water partition coefficient (Wildman–Crippen LogP) is 4.40. The molecule has 0 spiro atoms. The number of thioether (sulfide) groups is 1. The van der Waals surface area contributed by atoms with Crippen molar-refractivity contribution < 1.29 is 9.53 Å². The summed E-state index contributed by atoms with van der Waals surface area (Å²) in [6.07, 6.45) is 3.51. The average Bonchev–Trinajstić information content (AvgIpc) is 3.32. The number of rotatable bonds is 6. The van der Waals surface area contributed by atoms with Crippen LogP contribution >= 0.6 is 11.8 Å². The van der Waals surface area contributed by atoms with Crippen LogP contribution in [0.2, 0.25) is 0 Å². The number of nitrogens with zero attached hydrogens (tertiary/aromatic N) is 5. The van der Waals surface area contributed by atoms with E-state index in [1.807, 2.05) is 53.4 Å². The van der Waals surface area contributed by atoms with Gasteiger partial charge in [0.15, 0.2) is 11.0 Å². The van der Waals surface area contributed by atoms with Crippen LogP contribution in [0.5, 0.6) is 0 Å². The molecule has 4 aromatic rings. The second-order valence-electron chi connectivity index (χ2n) is 8.01. The van der Waals surface area contributed by atoms with E-state index < -0.39 is 0 Å². The first-order valence-corrected chi connectivity index (χ1v) is 12.2. The molecule has 34 heavy (non-hydrogen) atoms. The molecule has 2 aromatic carbocycles. The maximum atomic E-state index is 13.2. The second-order valence-corrected chi connectivity index (χ2v) is 8.96. The molecular weight excluding hydrogens is 446 g/mol. The number of hydrogen-bond donors (Lipinski definition) is 0. The molecule has 172 valence electrons. The SMILES string of the molecule is Cc1ccccc1-n1c(SCc2ccccc2C(=O)N2CCOCC2)nnc1-c1ccncc1. The highest BCUT2D eigenvalue weighted by Gasteiger charge is 2.22. The number of morpholine rings is 1. The van der Waals surface area contributed by atoms with Crippen LogP contribution in [0.25, 0.3) is 17.1 Å². The maximum absolute atomic E-state index is 13.2. The third kappa shape index (κ3) is 4.60. The second kappa shape index (κ2) is 10.2. The van der Waals surface area contributed by atoms with Gasteiger partial charge in [-0.25, -0.2) is 0 Å². The van der Waals surface area contributed by atoms with Crippen molar-refractivity contribution in [2.45, 2.75) is 17.8 Å². The van der Waals surface area contributed by atoms with E-state index in [1.54, 1.807) is 24.2 Å². The van der Waals surface area contributed by atoms with Gasteiger partial charge in [0.05, 0.1) is 18.9 Å². The summed E-state index contributed by atoms with van der Waals surface area (Å²) in [7, 11) is 0. The van der Waals surface area contributed by atoms with E-state index in [4.69, 9.17) is 4.74 Å². The van der Waals surface area contributed by atoms with Gasteiger partial charge in [-0.05, 0) is 42.3 Å². The van der Waals surface area contributed by atoms with Gasteiger partial charge in [-0.3, -0.25) is 14.3 Å². The highest BCUT2D eigenvalue weighted by molar-refractivity contribution is 7.98. The lowest BCUT2D eigenvalue weighted by atomic mass is 10.1. The Balaban J connectivity index is 1.47. The van der Waals surface area contributed by atoms with E-state index >= 15 is 0 Å². The molecule has 0 bridgehead atoms. The van der Waals surface area contributed by atoms with Gasteiger partial charge in [0, 0.05) is 42.4 Å². The van der Waals surface area contributed by atoms with Gasteiger partial charge in [-0.2, -0.15) is 0 Å². The molecule has 0 radical (unpaired) electrons. The lowest BCUT2D eigenvalue weighted by molar-refractivity contribution is 0.0302. The lowest BCUT2D eigenvalue weighted by Gasteiger charge is -2.27. The van der Waals surface area contributed by atoms with Crippen LogP contribution in [-0.2, 0) is 10.5 Å². The van der Waals surface area contributed by atoms with Crippen LogP contribution in [0.15, 0.2) is 78.2 Å². The Morgan fingerprint density at radius 2 is 1.71 bits per heavy atom. The number of aryl methyl sites for hydroxylation is 1. The van der Waals surface area contributed by atoms with Crippen molar-refractivity contribution in [2.75, 3.05) is 26.3 Å². The summed E-state index contributed by atoms with van der Waals surface area (Å²) in [6.45, 7) is 4.49. The fourth-order valence-electron chi connectivity index (χ4n) is 4.02. The molecule has 1 saturated heterocycles. The van der Waals surface area contributed by atoms with E-state index in [-0.39, 0.29) is 5.91 Å². The minimum absolute atomic E-state index is 0.0531. The number of benzene rings is 2. The molecule has 0 unspecified atom stereocenters. The van der Waals surface area contributed by atoms with Crippen LogP contribution in [0.1, 0.15) is 21.5 Å². The number of ether oxygens (including phenoxy) is 1. The van der Waals surface area contributed by atoms with E-state index in [0.717, 1.165) is 38.9 Å². The van der Waals surface area contributed by atoms with Crippen LogP contribution in [0.4, 0.5) is 0 Å². The number of carbonyl (C=O) groups excluding carboxylic acids is 1. The number of hydrogen-bond acceptors (Lipinski definition) is 6. The highest BCUT2D eigenvalue weighted by atomic mass is 32.2. The van der Waals surface area contributed by atoms with Gasteiger partial charge in [0.1, 0.15) is 0 Å². The van der Waals surface area contributed by atoms with Crippen LogP contribution < -0.4 is 0 Å². The molecule has 1 aliphatic heterocycles. The summed E-state index contributed by atoms with van der Waals surface area (Å²) in [5.41, 5.74) is 4.81. The summed E-state index contributed by atoms with van der Waals surface area (Å²) in [5, 5.41) is 9.83. The van der Waals surface area contributed by atoms with Gasteiger partial charge in [0.25, 0.3) is 5.91 Å². The van der Waals surface area contributed by atoms with Crippen molar-refractivity contribution in [1.82, 2.24) is 24.6 Å². The number of para-hydroxylation sites is 1. The lowest BCUT2D eigenvalue weighted by Crippen LogP contribution is -2.41. The standard InChI is InChI=1S/C26H25N5O2S/c1-19-6-2-5-9-23(19)31-24(20-10-12-27-13-11-20)28-29-26(31)34-18-21-7-3-4-8-22(21)25(32)30-14-16-33-17-15-30/h2-13H,14-18H2,1H3. The molecule has 1 amide bonds. The first kappa shape index (κ1) is 22.3. The summed E-state index contributed by atoms with van der Waals surface area (Å²) in [6, 6.07) is 19.9. The molecule has 7 nitrogen and oxygen atoms in total. The zero-order chi connectivity index (χ0) is 23.3. The summed E-state index contributed by atoms with van der Waals surface area (Å²) in [4.78, 5) is 19.2. The first-order valence-electron chi connectivity index (χ1n) is 11.2. The Bertz CT molecular complexity index is 1290. The summed E-state index contributed by atoms with van der Waals surface area (Å²) < 4.78 is 7.49. The smallest absolute Gasteiger partial charge is 0.254 e. The molecule has 0 atom stereocenters. The van der Waals surface area contributed by atoms with Crippen molar-refractivity contribution >= 4 is 17.7 Å². The quantitative estimate of drug-likeness (QED) is 0.388. The fraction of sp³-hybridized carbons (Fsp3) is 0.231. The van der Waals surface area contributed by atoms with Crippen molar-refractivity contribution in [3.8, 4) is 17.1 Å². The van der Waals surface area contributed by atoms with Crippen LogP contribution in [0, 0.1) is 6.92 Å². The molecule has 1 aliphatic rings. The Morgan fingerprint density at radius 1 is 0.971 bits per heavy atom. The molecule has 5 rings (SSSR count). The monoisotopic (exact) mass is 471 g/mol. The van der Waals surface area contributed by atoms with Crippen molar-refractivity contribution in [3.63, 3.8) is 0 Å². The Labute approximate surface area is 202 Å². The molecule has 0 saturated carbocycles. The van der Waals surface area contributed by atoms with Gasteiger partial charge < -0.3 is 9.64 Å². The number of carbonyl (C=O) groups is 1. The molecule has 8 heteroatoms. The van der Waals surface area contributed by atoms with Gasteiger partial charge in [-0.1, -0.05) is 48.2 Å². The molecular formula is C26H25N5O2S. The van der Waals surface area contributed by atoms with Crippen LogP contribution in [0.3, 0.4) is 0 Å². The predicted molar refractivity (Wildman–Crippen MR) is 132 cm³/mol. The largest absolute Gasteiger partial charge is 0.378 e. The van der Waals surface area contributed by atoms with Crippen LogP contribution in [-0.4, -0.2) is 56.9 Å². The minimum Gasteiger partial charge on any atom is -0.378 e. The van der Waals surface area contributed by atoms with Crippen molar-refractivity contribution in [2.24, 2.45) is 0 Å². The Morgan fingerprint density at radius 3 is 2.50 bits per heavy atom. The molecule has 0 aliphatic carbocycles. The van der Waals surface area contributed by atoms with Gasteiger partial charge in [0.2, 0.25) is 0 Å². The van der Waals surface area contributed by atoms with E-state index in [9.17, 15) is 4.79 Å². The summed E-state index contributed by atoms with van der Waals surface area (Å²) >= 11 is 1.58.